The molecule has 0 saturated carbocycles. The van der Waals surface area contributed by atoms with Crippen LogP contribution in [0.2, 0.25) is 0 Å². The molecule has 0 fully saturated rings. The Bertz CT molecular complexity index is 3580. The summed E-state index contributed by atoms with van der Waals surface area (Å²) < 4.78 is 17.8. The van der Waals surface area contributed by atoms with Crippen molar-refractivity contribution in [3.8, 4) is 34.5 Å². The van der Waals surface area contributed by atoms with Crippen molar-refractivity contribution >= 4 is 0 Å². The van der Waals surface area contributed by atoms with E-state index in [1.54, 1.807) is 0 Å². The zero-order valence-corrected chi connectivity index (χ0v) is 51.3. The highest BCUT2D eigenvalue weighted by molar-refractivity contribution is 5.53. The largest absolute Gasteiger partial charge is 0.504 e. The summed E-state index contributed by atoms with van der Waals surface area (Å²) in [6, 6.07) is 57.6. The van der Waals surface area contributed by atoms with Crippen LogP contribution in [0.15, 0.2) is 164 Å². The van der Waals surface area contributed by atoms with Crippen molar-refractivity contribution in [3.63, 3.8) is 0 Å². The molecule has 9 aromatic rings. The van der Waals surface area contributed by atoms with Crippen molar-refractivity contribution < 1.29 is 29.5 Å². The Balaban J connectivity index is 0.000000121. The van der Waals surface area contributed by atoms with Gasteiger partial charge in [-0.1, -0.05) is 127 Å². The number of hydrogen-bond acceptors (Lipinski definition) is 9. The van der Waals surface area contributed by atoms with E-state index in [1.165, 1.54) is 100 Å². The van der Waals surface area contributed by atoms with Gasteiger partial charge in [0.15, 0.2) is 34.5 Å². The van der Waals surface area contributed by atoms with Gasteiger partial charge in [0.25, 0.3) is 0 Å². The van der Waals surface area contributed by atoms with E-state index in [1.807, 2.05) is 127 Å². The van der Waals surface area contributed by atoms with Crippen LogP contribution in [-0.4, -0.2) is 49.7 Å². The third-order valence-corrected chi connectivity index (χ3v) is 19.6. The first-order chi connectivity index (χ1) is 42.2. The third kappa shape index (κ3) is 12.4. The summed E-state index contributed by atoms with van der Waals surface area (Å²) in [5.41, 5.74) is 27.9. The molecule has 9 heteroatoms. The number of hydrogen-bond donors (Lipinski definition) is 3. The third-order valence-electron chi connectivity index (χ3n) is 19.6. The van der Waals surface area contributed by atoms with Crippen molar-refractivity contribution in [3.05, 3.63) is 281 Å². The lowest BCUT2D eigenvalue weighted by atomic mass is 9.82. The molecule has 0 saturated heterocycles. The molecule has 0 aromatic heterocycles. The minimum atomic E-state index is 0.240. The Morgan fingerprint density at radius 1 is 0.322 bits per heavy atom. The van der Waals surface area contributed by atoms with E-state index in [4.69, 9.17) is 14.2 Å². The van der Waals surface area contributed by atoms with Crippen LogP contribution in [-0.2, 0) is 78.0 Å². The van der Waals surface area contributed by atoms with Crippen molar-refractivity contribution in [1.82, 2.24) is 14.7 Å². The highest BCUT2D eigenvalue weighted by atomic mass is 16.5. The van der Waals surface area contributed by atoms with Crippen molar-refractivity contribution in [2.45, 2.75) is 138 Å². The standard InChI is InChI=1S/3C26H27NO2/c3*1-17-10-20-8-9-27-15-22-14-26(29-16-19-6-4-3-5-7-19)25(28)13-21(22)12-24(27)23(20)11-18(17)2/h3*3-7,10-11,13-14,24,28H,8-9,12,15-16H2,1-2H3/t2*24-;/m10./s1. The summed E-state index contributed by atoms with van der Waals surface area (Å²) in [5, 5.41) is 31.7. The molecule has 9 aromatic carbocycles. The minimum Gasteiger partial charge on any atom is -0.504 e. The molecule has 9 nitrogen and oxygen atoms in total. The van der Waals surface area contributed by atoms with Crippen LogP contribution in [0, 0.1) is 41.5 Å². The molecule has 87 heavy (non-hydrogen) atoms. The second kappa shape index (κ2) is 24.8. The maximum atomic E-state index is 10.6. The van der Waals surface area contributed by atoms with Gasteiger partial charge in [-0.15, -0.1) is 0 Å². The molecule has 3 N–H and O–H groups in total. The summed E-state index contributed by atoms with van der Waals surface area (Å²) in [5.74, 6) is 2.46. The number of aryl methyl sites for hydroxylation is 6. The fraction of sp³-hybridized carbons (Fsp3) is 0.308. The first kappa shape index (κ1) is 57.7. The van der Waals surface area contributed by atoms with Crippen LogP contribution in [0.25, 0.3) is 0 Å². The Morgan fingerprint density at radius 2 is 0.586 bits per heavy atom. The van der Waals surface area contributed by atoms with Gasteiger partial charge in [-0.05, 0) is 233 Å². The van der Waals surface area contributed by atoms with Crippen molar-refractivity contribution in [2.75, 3.05) is 19.6 Å². The zero-order chi connectivity index (χ0) is 59.9. The van der Waals surface area contributed by atoms with Crippen LogP contribution >= 0.6 is 0 Å². The normalized spacial score (nSPS) is 17.9. The maximum absolute atomic E-state index is 10.6. The second-order valence-electron chi connectivity index (χ2n) is 25.3. The smallest absolute Gasteiger partial charge is 0.161 e. The molecule has 0 spiro atoms. The number of aromatic hydroxyl groups is 3. The topological polar surface area (TPSA) is 98.1 Å². The van der Waals surface area contributed by atoms with Gasteiger partial charge < -0.3 is 29.5 Å². The molecule has 6 aliphatic heterocycles. The lowest BCUT2D eigenvalue weighted by Gasteiger charge is -2.42. The monoisotopic (exact) mass is 1160 g/mol. The predicted octanol–water partition coefficient (Wildman–Crippen LogP) is 15.7. The van der Waals surface area contributed by atoms with Gasteiger partial charge in [-0.25, -0.2) is 0 Å². The first-order valence-electron chi connectivity index (χ1n) is 31.3. The van der Waals surface area contributed by atoms with Gasteiger partial charge in [0, 0.05) is 57.4 Å². The van der Waals surface area contributed by atoms with E-state index in [0.29, 0.717) is 55.2 Å². The number of phenols is 3. The summed E-state index contributed by atoms with van der Waals surface area (Å²) in [6.07, 6.45) is 6.15. The van der Waals surface area contributed by atoms with Gasteiger partial charge in [-0.3, -0.25) is 14.7 Å². The summed E-state index contributed by atoms with van der Waals surface area (Å²) >= 11 is 0. The van der Waals surface area contributed by atoms with Crippen molar-refractivity contribution in [1.29, 1.82) is 0 Å². The SMILES string of the molecule is Cc1cc2c(cc1C)C1Cc3cc(O)c(OCc4ccccc4)cc3CN1CC2.Cc1cc2c(cc1C)[C@@H]1Cc3cc(O)c(OCc4ccccc4)cc3CN1CC2.Cc1cc2c(cc1C)[C@H]1Cc3cc(O)c(OCc4ccccc4)cc3CN1CC2. The number of fused-ring (bicyclic) bond motifs is 12. The molecule has 0 aliphatic carbocycles. The molecule has 1 unspecified atom stereocenters. The number of nitrogens with zero attached hydrogens (tertiary/aromatic N) is 3. The van der Waals surface area contributed by atoms with Gasteiger partial charge in [0.2, 0.25) is 0 Å². The van der Waals surface area contributed by atoms with E-state index in [0.717, 1.165) is 94.5 Å². The molecule has 3 atom stereocenters. The highest BCUT2D eigenvalue weighted by Crippen LogP contribution is 2.46. The molecule has 0 bridgehead atoms. The average molecular weight is 1160 g/mol. The molecular formula is C78H81N3O6. The molecule has 0 radical (unpaired) electrons. The average Bonchev–Trinajstić information content (AvgIpc) is 0.944. The van der Waals surface area contributed by atoms with E-state index in [9.17, 15) is 15.3 Å². The second-order valence-corrected chi connectivity index (χ2v) is 25.3. The van der Waals surface area contributed by atoms with E-state index in [2.05, 4.69) is 92.6 Å². The van der Waals surface area contributed by atoms with Gasteiger partial charge in [0.1, 0.15) is 19.8 Å². The van der Waals surface area contributed by atoms with Crippen molar-refractivity contribution in [2.24, 2.45) is 0 Å². The lowest BCUT2D eigenvalue weighted by Crippen LogP contribution is -2.39. The fourth-order valence-electron chi connectivity index (χ4n) is 14.2. The lowest BCUT2D eigenvalue weighted by molar-refractivity contribution is 0.160. The van der Waals surface area contributed by atoms with E-state index < -0.39 is 0 Å². The number of ether oxygens (including phenoxy) is 3. The van der Waals surface area contributed by atoms with Gasteiger partial charge in [-0.2, -0.15) is 0 Å². The molecule has 6 heterocycles. The minimum absolute atomic E-state index is 0.240. The highest BCUT2D eigenvalue weighted by Gasteiger charge is 2.36. The fourth-order valence-corrected chi connectivity index (χ4v) is 14.2. The molecule has 0 amide bonds. The molecule has 444 valence electrons. The summed E-state index contributed by atoms with van der Waals surface area (Å²) in [6.45, 7) is 20.6. The Labute approximate surface area is 514 Å². The zero-order valence-electron chi connectivity index (χ0n) is 51.3. The molecule has 15 rings (SSSR count). The number of rotatable bonds is 9. The van der Waals surface area contributed by atoms with Crippen LogP contribution in [0.4, 0.5) is 0 Å². The first-order valence-corrected chi connectivity index (χ1v) is 31.3. The predicted molar refractivity (Wildman–Crippen MR) is 346 cm³/mol. The Kier molecular flexibility index (Phi) is 16.5. The summed E-state index contributed by atoms with van der Waals surface area (Å²) in [4.78, 5) is 7.74. The molecule has 6 aliphatic rings. The Morgan fingerprint density at radius 3 is 0.862 bits per heavy atom. The number of phenolic OH excluding ortho intramolecular Hbond substituents is 3. The number of benzene rings is 9. The van der Waals surface area contributed by atoms with Crippen LogP contribution in [0.1, 0.15) is 135 Å². The van der Waals surface area contributed by atoms with E-state index in [-0.39, 0.29) is 17.2 Å². The van der Waals surface area contributed by atoms with Gasteiger partial charge in [0.05, 0.1) is 0 Å². The van der Waals surface area contributed by atoms with Crippen LogP contribution < -0.4 is 14.2 Å². The summed E-state index contributed by atoms with van der Waals surface area (Å²) in [7, 11) is 0. The maximum Gasteiger partial charge on any atom is 0.161 e. The van der Waals surface area contributed by atoms with Crippen LogP contribution in [0.5, 0.6) is 34.5 Å². The molecular weight excluding hydrogens is 1070 g/mol. The quantitative estimate of drug-likeness (QED) is 0.131. The van der Waals surface area contributed by atoms with E-state index >= 15 is 0 Å². The van der Waals surface area contributed by atoms with Gasteiger partial charge >= 0.3 is 0 Å². The Hall–Kier alpha value is -8.34. The van der Waals surface area contributed by atoms with Crippen LogP contribution in [0.3, 0.4) is 0 Å².